The lowest BCUT2D eigenvalue weighted by molar-refractivity contribution is -0.118. The van der Waals surface area contributed by atoms with Gasteiger partial charge in [0.15, 0.2) is 5.78 Å². The van der Waals surface area contributed by atoms with Crippen molar-refractivity contribution in [3.05, 3.63) is 11.6 Å². The number of carbonyl (C=O) groups excluding carboxylic acids is 1. The van der Waals surface area contributed by atoms with Crippen LogP contribution in [0.4, 0.5) is 0 Å². The van der Waals surface area contributed by atoms with E-state index in [4.69, 9.17) is 0 Å². The summed E-state index contributed by atoms with van der Waals surface area (Å²) in [6.45, 7) is 0. The van der Waals surface area contributed by atoms with Gasteiger partial charge in [-0.3, -0.25) is 4.79 Å². The smallest absolute Gasteiger partial charge is 0.156 e. The Kier molecular flexibility index (Phi) is 3.09. The Balaban J connectivity index is 1.84. The molecule has 3 rings (SSSR count). The predicted molar refractivity (Wildman–Crippen MR) is 71.3 cm³/mol. The molecule has 0 aliphatic heterocycles. The fraction of sp³-hybridized carbons (Fsp3) is 0.812. The Morgan fingerprint density at radius 2 is 1.50 bits per heavy atom. The van der Waals surface area contributed by atoms with Gasteiger partial charge in [0.2, 0.25) is 0 Å². The Bertz CT molecular complexity index is 369. The number of hydrogen-bond acceptors (Lipinski definition) is 2. The number of carbonyl (C=O) groups is 1. The lowest BCUT2D eigenvalue weighted by atomic mass is 9.63. The van der Waals surface area contributed by atoms with Gasteiger partial charge < -0.3 is 5.11 Å². The molecule has 3 aliphatic carbocycles. The fourth-order valence-corrected chi connectivity index (χ4v) is 4.37. The van der Waals surface area contributed by atoms with Gasteiger partial charge in [0.1, 0.15) is 0 Å². The first kappa shape index (κ1) is 12.4. The van der Waals surface area contributed by atoms with Crippen molar-refractivity contribution in [3.8, 4) is 0 Å². The number of ketones is 1. The van der Waals surface area contributed by atoms with Crippen LogP contribution in [0, 0.1) is 5.41 Å². The van der Waals surface area contributed by atoms with Gasteiger partial charge in [-0.25, -0.2) is 0 Å². The first-order valence-electron chi connectivity index (χ1n) is 7.58. The SMILES string of the molecule is O=C1C=C(C2(O)CCCC2)CC2(CCCCC2)C1. The van der Waals surface area contributed by atoms with Crippen LogP contribution in [-0.4, -0.2) is 16.5 Å². The quantitative estimate of drug-likeness (QED) is 0.770. The molecule has 2 fully saturated rings. The largest absolute Gasteiger partial charge is 0.386 e. The molecule has 0 aromatic rings. The summed E-state index contributed by atoms with van der Waals surface area (Å²) < 4.78 is 0. The van der Waals surface area contributed by atoms with Gasteiger partial charge in [0.05, 0.1) is 5.60 Å². The van der Waals surface area contributed by atoms with E-state index in [0.29, 0.717) is 0 Å². The van der Waals surface area contributed by atoms with Crippen LogP contribution in [0.1, 0.15) is 70.6 Å². The van der Waals surface area contributed by atoms with E-state index < -0.39 is 5.60 Å². The van der Waals surface area contributed by atoms with E-state index in [2.05, 4.69) is 0 Å². The van der Waals surface area contributed by atoms with Gasteiger partial charge in [-0.05, 0) is 49.2 Å². The Hall–Kier alpha value is -0.630. The van der Waals surface area contributed by atoms with Gasteiger partial charge >= 0.3 is 0 Å². The lowest BCUT2D eigenvalue weighted by Crippen LogP contribution is -2.37. The molecule has 1 N–H and O–H groups in total. The zero-order valence-electron chi connectivity index (χ0n) is 11.2. The maximum atomic E-state index is 12.1. The summed E-state index contributed by atoms with van der Waals surface area (Å²) in [7, 11) is 0. The molecule has 100 valence electrons. The normalized spacial score (nSPS) is 30.5. The third-order valence-electron chi connectivity index (χ3n) is 5.39. The van der Waals surface area contributed by atoms with E-state index in [0.717, 1.165) is 44.1 Å². The molecule has 1 spiro atoms. The molecule has 0 amide bonds. The molecule has 18 heavy (non-hydrogen) atoms. The van der Waals surface area contributed by atoms with E-state index >= 15 is 0 Å². The Morgan fingerprint density at radius 3 is 2.17 bits per heavy atom. The highest BCUT2D eigenvalue weighted by molar-refractivity contribution is 5.92. The van der Waals surface area contributed by atoms with Crippen molar-refractivity contribution in [3.63, 3.8) is 0 Å². The topological polar surface area (TPSA) is 37.3 Å². The molecule has 2 heteroatoms. The summed E-state index contributed by atoms with van der Waals surface area (Å²) in [6, 6.07) is 0. The number of aliphatic hydroxyl groups is 1. The van der Waals surface area contributed by atoms with Crippen molar-refractivity contribution in [2.24, 2.45) is 5.41 Å². The molecule has 3 aliphatic rings. The summed E-state index contributed by atoms with van der Waals surface area (Å²) in [5.41, 5.74) is 0.635. The summed E-state index contributed by atoms with van der Waals surface area (Å²) in [5.74, 6) is 0.262. The molecule has 0 aromatic heterocycles. The summed E-state index contributed by atoms with van der Waals surface area (Å²) in [4.78, 5) is 12.1. The summed E-state index contributed by atoms with van der Waals surface area (Å²) >= 11 is 0. The van der Waals surface area contributed by atoms with Gasteiger partial charge in [-0.1, -0.05) is 32.1 Å². The summed E-state index contributed by atoms with van der Waals surface area (Å²) in [6.07, 6.45) is 13.6. The van der Waals surface area contributed by atoms with Crippen LogP contribution in [0.2, 0.25) is 0 Å². The highest BCUT2D eigenvalue weighted by Gasteiger charge is 2.44. The lowest BCUT2D eigenvalue weighted by Gasteiger charge is -2.42. The van der Waals surface area contributed by atoms with Gasteiger partial charge in [-0.15, -0.1) is 0 Å². The first-order valence-corrected chi connectivity index (χ1v) is 7.58. The van der Waals surface area contributed by atoms with Crippen molar-refractivity contribution in [2.45, 2.75) is 76.2 Å². The standard InChI is InChI=1S/C16H24O2/c17-14-10-13(16(18)8-4-5-9-16)11-15(12-14)6-2-1-3-7-15/h10,18H,1-9,11-12H2. The van der Waals surface area contributed by atoms with E-state index in [9.17, 15) is 9.90 Å². The molecule has 0 heterocycles. The molecular weight excluding hydrogens is 224 g/mol. The Labute approximate surface area is 109 Å². The van der Waals surface area contributed by atoms with Crippen molar-refractivity contribution in [1.82, 2.24) is 0 Å². The minimum Gasteiger partial charge on any atom is -0.386 e. The Morgan fingerprint density at radius 1 is 0.889 bits per heavy atom. The summed E-state index contributed by atoms with van der Waals surface area (Å²) in [5, 5.41) is 10.7. The van der Waals surface area contributed by atoms with E-state index in [1.807, 2.05) is 0 Å². The fourth-order valence-electron chi connectivity index (χ4n) is 4.37. The van der Waals surface area contributed by atoms with Crippen molar-refractivity contribution in [1.29, 1.82) is 0 Å². The molecule has 0 unspecified atom stereocenters. The van der Waals surface area contributed by atoms with Crippen LogP contribution in [-0.2, 0) is 4.79 Å². The molecule has 0 aromatic carbocycles. The maximum Gasteiger partial charge on any atom is 0.156 e. The van der Waals surface area contributed by atoms with Crippen molar-refractivity contribution in [2.75, 3.05) is 0 Å². The number of rotatable bonds is 1. The number of allylic oxidation sites excluding steroid dienone is 1. The maximum absolute atomic E-state index is 12.1. The minimum atomic E-state index is -0.638. The van der Waals surface area contributed by atoms with E-state index in [1.54, 1.807) is 6.08 Å². The van der Waals surface area contributed by atoms with Crippen molar-refractivity contribution >= 4 is 5.78 Å². The molecule has 0 radical (unpaired) electrons. The molecule has 2 nitrogen and oxygen atoms in total. The van der Waals surface area contributed by atoms with Crippen molar-refractivity contribution < 1.29 is 9.90 Å². The zero-order valence-corrected chi connectivity index (χ0v) is 11.2. The van der Waals surface area contributed by atoms with E-state index in [1.165, 1.54) is 32.1 Å². The van der Waals surface area contributed by atoms with Gasteiger partial charge in [0.25, 0.3) is 0 Å². The van der Waals surface area contributed by atoms with Crippen LogP contribution >= 0.6 is 0 Å². The molecule has 0 saturated heterocycles. The molecular formula is C16H24O2. The third-order valence-corrected chi connectivity index (χ3v) is 5.39. The second-order valence-corrected chi connectivity index (χ2v) is 6.79. The molecule has 2 saturated carbocycles. The van der Waals surface area contributed by atoms with Crippen LogP contribution < -0.4 is 0 Å². The molecule has 0 atom stereocenters. The second kappa shape index (κ2) is 4.48. The van der Waals surface area contributed by atoms with Crippen LogP contribution in [0.5, 0.6) is 0 Å². The highest BCUT2D eigenvalue weighted by Crippen LogP contribution is 2.50. The molecule has 0 bridgehead atoms. The zero-order chi connectivity index (χ0) is 12.6. The predicted octanol–water partition coefficient (Wildman–Crippen LogP) is 3.53. The van der Waals surface area contributed by atoms with E-state index in [-0.39, 0.29) is 11.2 Å². The van der Waals surface area contributed by atoms with Crippen LogP contribution in [0.15, 0.2) is 11.6 Å². The average molecular weight is 248 g/mol. The van der Waals surface area contributed by atoms with Crippen LogP contribution in [0.3, 0.4) is 0 Å². The van der Waals surface area contributed by atoms with Crippen LogP contribution in [0.25, 0.3) is 0 Å². The van der Waals surface area contributed by atoms with Gasteiger partial charge in [0, 0.05) is 6.42 Å². The first-order chi connectivity index (χ1) is 8.62. The second-order valence-electron chi connectivity index (χ2n) is 6.79. The number of hydrogen-bond donors (Lipinski definition) is 1. The minimum absolute atomic E-state index is 0.206. The third kappa shape index (κ3) is 2.16. The average Bonchev–Trinajstić information content (AvgIpc) is 2.77. The highest BCUT2D eigenvalue weighted by atomic mass is 16.3. The van der Waals surface area contributed by atoms with Gasteiger partial charge in [-0.2, -0.15) is 0 Å². The monoisotopic (exact) mass is 248 g/mol.